The quantitative estimate of drug-likeness (QED) is 0.699. The van der Waals surface area contributed by atoms with Crippen molar-refractivity contribution >= 4 is 11.8 Å². The maximum absolute atomic E-state index is 13.5. The highest BCUT2D eigenvalue weighted by molar-refractivity contribution is 6.14. The number of allylic oxidation sites excluding steroid dienone is 1. The first kappa shape index (κ1) is 20.8. The molecule has 6 heteroatoms. The Balaban J connectivity index is 1.66. The molecule has 0 amide bonds. The SMILES string of the molecule is CN1CCN(C2=C(C(C#N)C(=O)OCc3ccccc3)C(=O)c3ccccc3C2)CC1. The number of likely N-dealkylation sites (N-methyl/N-ethyl adjacent to an activating group) is 1. The van der Waals surface area contributed by atoms with Gasteiger partial charge in [-0.05, 0) is 18.2 Å². The molecular weight excluding hydrogens is 390 g/mol. The van der Waals surface area contributed by atoms with Crippen LogP contribution in [-0.2, 0) is 22.6 Å². The highest BCUT2D eigenvalue weighted by Crippen LogP contribution is 2.33. The molecule has 0 radical (unpaired) electrons. The Bertz CT molecular complexity index is 1050. The van der Waals surface area contributed by atoms with Gasteiger partial charge in [0.15, 0.2) is 11.7 Å². The Hall–Kier alpha value is -3.43. The predicted molar refractivity (Wildman–Crippen MR) is 116 cm³/mol. The van der Waals surface area contributed by atoms with Crippen molar-refractivity contribution in [2.24, 2.45) is 5.92 Å². The Morgan fingerprint density at radius 2 is 1.74 bits per heavy atom. The molecule has 4 rings (SSSR count). The molecule has 1 fully saturated rings. The molecule has 2 aromatic rings. The number of Topliss-reactive ketones (excluding diaryl/α,β-unsaturated/α-hetero) is 1. The lowest BCUT2D eigenvalue weighted by atomic mass is 9.81. The summed E-state index contributed by atoms with van der Waals surface area (Å²) in [6.45, 7) is 3.30. The summed E-state index contributed by atoms with van der Waals surface area (Å²) in [4.78, 5) is 30.8. The lowest BCUT2D eigenvalue weighted by Gasteiger charge is -2.38. The summed E-state index contributed by atoms with van der Waals surface area (Å²) < 4.78 is 5.45. The highest BCUT2D eigenvalue weighted by atomic mass is 16.5. The van der Waals surface area contributed by atoms with E-state index in [9.17, 15) is 14.9 Å². The van der Waals surface area contributed by atoms with E-state index in [-0.39, 0.29) is 18.0 Å². The summed E-state index contributed by atoms with van der Waals surface area (Å²) >= 11 is 0. The van der Waals surface area contributed by atoms with Gasteiger partial charge in [-0.15, -0.1) is 0 Å². The average Bonchev–Trinajstić information content (AvgIpc) is 2.80. The van der Waals surface area contributed by atoms with Crippen LogP contribution in [0.5, 0.6) is 0 Å². The fourth-order valence-electron chi connectivity index (χ4n) is 4.15. The first-order valence-electron chi connectivity index (χ1n) is 10.5. The van der Waals surface area contributed by atoms with Gasteiger partial charge in [0, 0.05) is 49.4 Å². The summed E-state index contributed by atoms with van der Waals surface area (Å²) in [7, 11) is 2.06. The van der Waals surface area contributed by atoms with Crippen LogP contribution in [-0.4, -0.2) is 54.8 Å². The van der Waals surface area contributed by atoms with Crippen LogP contribution in [0.15, 0.2) is 65.9 Å². The zero-order valence-electron chi connectivity index (χ0n) is 17.6. The molecule has 0 bridgehead atoms. The highest BCUT2D eigenvalue weighted by Gasteiger charge is 2.38. The molecule has 158 valence electrons. The average molecular weight is 415 g/mol. The van der Waals surface area contributed by atoms with Crippen molar-refractivity contribution < 1.29 is 14.3 Å². The van der Waals surface area contributed by atoms with Crippen LogP contribution >= 0.6 is 0 Å². The summed E-state index contributed by atoms with van der Waals surface area (Å²) in [6.07, 6.45) is 0.533. The molecule has 0 N–H and O–H groups in total. The van der Waals surface area contributed by atoms with Crippen LogP contribution in [0.2, 0.25) is 0 Å². The second-order valence-corrected chi connectivity index (χ2v) is 7.97. The standard InChI is InChI=1S/C25H25N3O3/c1-27-11-13-28(14-12-27)22-15-19-9-5-6-10-20(19)24(29)23(22)21(16-26)25(30)31-17-18-7-3-2-4-8-18/h2-10,21H,11-15,17H2,1H3. The van der Waals surface area contributed by atoms with E-state index in [0.717, 1.165) is 43.0 Å². The second-order valence-electron chi connectivity index (χ2n) is 7.97. The predicted octanol–water partition coefficient (Wildman–Crippen LogP) is 2.81. The van der Waals surface area contributed by atoms with E-state index in [4.69, 9.17) is 4.74 Å². The van der Waals surface area contributed by atoms with Crippen LogP contribution in [0, 0.1) is 17.2 Å². The smallest absolute Gasteiger partial charge is 0.328 e. The van der Waals surface area contributed by atoms with Crippen LogP contribution in [0.25, 0.3) is 0 Å². The van der Waals surface area contributed by atoms with Gasteiger partial charge in [-0.3, -0.25) is 9.59 Å². The van der Waals surface area contributed by atoms with E-state index in [0.29, 0.717) is 12.0 Å². The van der Waals surface area contributed by atoms with Gasteiger partial charge in [0.05, 0.1) is 6.07 Å². The lowest BCUT2D eigenvalue weighted by Crippen LogP contribution is -2.46. The Kier molecular flexibility index (Phi) is 6.15. The van der Waals surface area contributed by atoms with Crippen LogP contribution in [0.1, 0.15) is 21.5 Å². The molecule has 6 nitrogen and oxygen atoms in total. The number of esters is 1. The maximum Gasteiger partial charge on any atom is 0.328 e. The molecule has 2 aromatic carbocycles. The van der Waals surface area contributed by atoms with E-state index < -0.39 is 11.9 Å². The van der Waals surface area contributed by atoms with Gasteiger partial charge < -0.3 is 14.5 Å². The van der Waals surface area contributed by atoms with Gasteiger partial charge in [-0.2, -0.15) is 5.26 Å². The van der Waals surface area contributed by atoms with Crippen molar-refractivity contribution in [3.8, 4) is 6.07 Å². The molecule has 1 heterocycles. The topological polar surface area (TPSA) is 73.6 Å². The third-order valence-corrected chi connectivity index (χ3v) is 5.94. The number of ketones is 1. The number of piperazine rings is 1. The van der Waals surface area contributed by atoms with Crippen molar-refractivity contribution in [3.63, 3.8) is 0 Å². The molecule has 1 saturated heterocycles. The van der Waals surface area contributed by atoms with Gasteiger partial charge >= 0.3 is 5.97 Å². The van der Waals surface area contributed by atoms with Crippen molar-refractivity contribution in [2.75, 3.05) is 33.2 Å². The number of nitriles is 1. The zero-order chi connectivity index (χ0) is 21.8. The lowest BCUT2D eigenvalue weighted by molar-refractivity contribution is -0.146. The number of carbonyl (C=O) groups excluding carboxylic acids is 2. The Morgan fingerprint density at radius 1 is 1.06 bits per heavy atom. The minimum atomic E-state index is -1.25. The molecule has 0 spiro atoms. The molecule has 0 aromatic heterocycles. The number of rotatable bonds is 5. The van der Waals surface area contributed by atoms with Crippen molar-refractivity contribution in [1.82, 2.24) is 9.80 Å². The normalized spacial score (nSPS) is 17.7. The fraction of sp³-hybridized carbons (Fsp3) is 0.320. The first-order valence-corrected chi connectivity index (χ1v) is 10.5. The first-order chi connectivity index (χ1) is 15.1. The molecule has 1 atom stereocenters. The van der Waals surface area contributed by atoms with Crippen molar-refractivity contribution in [3.05, 3.63) is 82.6 Å². The van der Waals surface area contributed by atoms with Crippen LogP contribution in [0.4, 0.5) is 0 Å². The second kappa shape index (κ2) is 9.15. The molecule has 1 aliphatic carbocycles. The summed E-state index contributed by atoms with van der Waals surface area (Å²) in [5, 5.41) is 9.91. The number of carbonyl (C=O) groups is 2. The summed E-state index contributed by atoms with van der Waals surface area (Å²) in [5.74, 6) is -2.18. The Labute approximate surface area is 182 Å². The van der Waals surface area contributed by atoms with Gasteiger partial charge in [0.1, 0.15) is 6.61 Å². The van der Waals surface area contributed by atoms with E-state index in [1.165, 1.54) is 0 Å². The van der Waals surface area contributed by atoms with E-state index in [2.05, 4.69) is 22.9 Å². The van der Waals surface area contributed by atoms with E-state index >= 15 is 0 Å². The monoisotopic (exact) mass is 415 g/mol. The molecule has 0 saturated carbocycles. The van der Waals surface area contributed by atoms with Gasteiger partial charge in [0.25, 0.3) is 0 Å². The number of ether oxygens (including phenoxy) is 1. The molecule has 1 aliphatic heterocycles. The van der Waals surface area contributed by atoms with E-state index in [1.54, 1.807) is 6.07 Å². The number of nitrogens with zero attached hydrogens (tertiary/aromatic N) is 3. The minimum Gasteiger partial charge on any atom is -0.460 e. The van der Waals surface area contributed by atoms with Crippen LogP contribution < -0.4 is 0 Å². The third-order valence-electron chi connectivity index (χ3n) is 5.94. The molecule has 2 aliphatic rings. The van der Waals surface area contributed by atoms with Gasteiger partial charge in [-0.1, -0.05) is 54.6 Å². The maximum atomic E-state index is 13.5. The van der Waals surface area contributed by atoms with Crippen molar-refractivity contribution in [2.45, 2.75) is 13.0 Å². The third kappa shape index (κ3) is 4.37. The summed E-state index contributed by atoms with van der Waals surface area (Å²) in [6, 6.07) is 18.8. The Morgan fingerprint density at radius 3 is 2.45 bits per heavy atom. The summed E-state index contributed by atoms with van der Waals surface area (Å²) in [5.41, 5.74) is 3.37. The number of hydrogen-bond donors (Lipinski definition) is 0. The molecule has 31 heavy (non-hydrogen) atoms. The van der Waals surface area contributed by atoms with Crippen molar-refractivity contribution in [1.29, 1.82) is 5.26 Å². The van der Waals surface area contributed by atoms with Gasteiger partial charge in [-0.25, -0.2) is 0 Å². The number of benzene rings is 2. The molecule has 1 unspecified atom stereocenters. The number of hydrogen-bond acceptors (Lipinski definition) is 6. The van der Waals surface area contributed by atoms with Crippen LogP contribution in [0.3, 0.4) is 0 Å². The number of fused-ring (bicyclic) bond motifs is 1. The fourth-order valence-corrected chi connectivity index (χ4v) is 4.15. The van der Waals surface area contributed by atoms with E-state index in [1.807, 2.05) is 48.5 Å². The minimum absolute atomic E-state index is 0.0692. The largest absolute Gasteiger partial charge is 0.460 e. The van der Waals surface area contributed by atoms with Gasteiger partial charge in [0.2, 0.25) is 0 Å². The zero-order valence-corrected chi connectivity index (χ0v) is 17.6. The molecular formula is C25H25N3O3.